The summed E-state index contributed by atoms with van der Waals surface area (Å²) < 4.78 is 13.8. The molecule has 1 aliphatic heterocycles. The molecular weight excluding hydrogens is 329 g/mol. The second-order valence-corrected chi connectivity index (χ2v) is 6.15. The Morgan fingerprint density at radius 1 is 1.04 bits per heavy atom. The van der Waals surface area contributed by atoms with Crippen LogP contribution in [0.2, 0.25) is 5.02 Å². The van der Waals surface area contributed by atoms with Crippen LogP contribution in [0.4, 0.5) is 15.8 Å². The lowest BCUT2D eigenvalue weighted by molar-refractivity contribution is -0.117. The van der Waals surface area contributed by atoms with Crippen LogP contribution < -0.4 is 10.2 Å². The first-order valence-corrected chi connectivity index (χ1v) is 8.27. The third kappa shape index (κ3) is 4.04. The second-order valence-electron chi connectivity index (χ2n) is 5.74. The summed E-state index contributed by atoms with van der Waals surface area (Å²) in [6.45, 7) is 3.12. The number of amides is 1. The van der Waals surface area contributed by atoms with Crippen LogP contribution in [0.5, 0.6) is 0 Å². The van der Waals surface area contributed by atoms with E-state index >= 15 is 0 Å². The van der Waals surface area contributed by atoms with Gasteiger partial charge in [0.25, 0.3) is 0 Å². The van der Waals surface area contributed by atoms with Crippen molar-refractivity contribution in [2.45, 2.75) is 0 Å². The van der Waals surface area contributed by atoms with Gasteiger partial charge < -0.3 is 10.2 Å². The van der Waals surface area contributed by atoms with Crippen molar-refractivity contribution in [3.05, 3.63) is 59.4 Å². The number of nitrogens with one attached hydrogen (secondary N) is 1. The fourth-order valence-electron chi connectivity index (χ4n) is 2.81. The molecule has 6 heteroatoms. The van der Waals surface area contributed by atoms with E-state index in [-0.39, 0.29) is 11.7 Å². The van der Waals surface area contributed by atoms with Crippen LogP contribution >= 0.6 is 11.6 Å². The van der Waals surface area contributed by atoms with Gasteiger partial charge in [0.15, 0.2) is 0 Å². The summed E-state index contributed by atoms with van der Waals surface area (Å²) in [5.74, 6) is -0.301. The van der Waals surface area contributed by atoms with E-state index in [2.05, 4.69) is 10.2 Å². The highest BCUT2D eigenvalue weighted by Gasteiger charge is 2.21. The number of hydrogen-bond donors (Lipinski definition) is 1. The summed E-state index contributed by atoms with van der Waals surface area (Å²) in [4.78, 5) is 16.2. The lowest BCUT2D eigenvalue weighted by atomic mass is 10.2. The van der Waals surface area contributed by atoms with E-state index < -0.39 is 0 Å². The molecule has 2 aromatic rings. The molecule has 3 rings (SSSR count). The Labute approximate surface area is 145 Å². The zero-order chi connectivity index (χ0) is 16.9. The number of rotatable bonds is 4. The highest BCUT2D eigenvalue weighted by atomic mass is 35.5. The highest BCUT2D eigenvalue weighted by Crippen LogP contribution is 2.21. The average Bonchev–Trinajstić information content (AvgIpc) is 2.58. The van der Waals surface area contributed by atoms with Crippen molar-refractivity contribution in [3.8, 4) is 0 Å². The first-order valence-electron chi connectivity index (χ1n) is 7.90. The Morgan fingerprint density at radius 2 is 1.71 bits per heavy atom. The van der Waals surface area contributed by atoms with Gasteiger partial charge in [-0.25, -0.2) is 4.39 Å². The molecule has 2 aromatic carbocycles. The van der Waals surface area contributed by atoms with E-state index in [4.69, 9.17) is 11.6 Å². The molecule has 0 radical (unpaired) electrons. The lowest BCUT2D eigenvalue weighted by Crippen LogP contribution is -2.48. The topological polar surface area (TPSA) is 35.6 Å². The van der Waals surface area contributed by atoms with E-state index in [1.54, 1.807) is 24.3 Å². The van der Waals surface area contributed by atoms with E-state index in [0.29, 0.717) is 49.1 Å². The fourth-order valence-corrected chi connectivity index (χ4v) is 2.99. The Bertz CT molecular complexity index is 717. The van der Waals surface area contributed by atoms with Gasteiger partial charge in [-0.3, -0.25) is 9.69 Å². The number of piperazine rings is 1. The van der Waals surface area contributed by atoms with E-state index in [1.807, 2.05) is 23.1 Å². The molecule has 4 nitrogen and oxygen atoms in total. The van der Waals surface area contributed by atoms with Crippen LogP contribution in [0.3, 0.4) is 0 Å². The Balaban J connectivity index is 1.51. The normalized spacial score (nSPS) is 15.3. The second kappa shape index (κ2) is 7.64. The van der Waals surface area contributed by atoms with Gasteiger partial charge in [-0.2, -0.15) is 0 Å². The summed E-state index contributed by atoms with van der Waals surface area (Å²) in [5, 5.41) is 3.35. The number of para-hydroxylation sites is 2. The molecule has 1 heterocycles. The highest BCUT2D eigenvalue weighted by molar-refractivity contribution is 6.33. The predicted molar refractivity (Wildman–Crippen MR) is 95.1 cm³/mol. The molecule has 126 valence electrons. The first-order chi connectivity index (χ1) is 11.6. The molecule has 0 atom stereocenters. The van der Waals surface area contributed by atoms with Crippen molar-refractivity contribution in [1.29, 1.82) is 0 Å². The molecule has 1 saturated heterocycles. The van der Waals surface area contributed by atoms with Crippen molar-refractivity contribution in [2.75, 3.05) is 42.9 Å². The zero-order valence-electron chi connectivity index (χ0n) is 13.2. The monoisotopic (exact) mass is 347 g/mol. The minimum Gasteiger partial charge on any atom is -0.367 e. The quantitative estimate of drug-likeness (QED) is 0.922. The van der Waals surface area contributed by atoms with Gasteiger partial charge in [-0.15, -0.1) is 0 Å². The van der Waals surface area contributed by atoms with E-state index in [1.165, 1.54) is 6.07 Å². The Kier molecular flexibility index (Phi) is 5.33. The first kappa shape index (κ1) is 16.7. The molecule has 1 amide bonds. The van der Waals surface area contributed by atoms with Crippen molar-refractivity contribution in [3.63, 3.8) is 0 Å². The molecule has 1 aliphatic rings. The van der Waals surface area contributed by atoms with Gasteiger partial charge in [0, 0.05) is 26.2 Å². The number of benzene rings is 2. The summed E-state index contributed by atoms with van der Waals surface area (Å²) in [7, 11) is 0. The maximum absolute atomic E-state index is 13.8. The largest absolute Gasteiger partial charge is 0.367 e. The van der Waals surface area contributed by atoms with Crippen LogP contribution in [-0.4, -0.2) is 43.5 Å². The van der Waals surface area contributed by atoms with Crippen molar-refractivity contribution < 1.29 is 9.18 Å². The summed E-state index contributed by atoms with van der Waals surface area (Å²) in [6, 6.07) is 13.9. The molecule has 0 bridgehead atoms. The van der Waals surface area contributed by atoms with Crippen LogP contribution in [0, 0.1) is 5.82 Å². The molecule has 1 fully saturated rings. The number of nitrogens with zero attached hydrogens (tertiary/aromatic N) is 2. The molecule has 0 saturated carbocycles. The molecule has 0 unspecified atom stereocenters. The van der Waals surface area contributed by atoms with Gasteiger partial charge in [0.05, 0.1) is 22.9 Å². The van der Waals surface area contributed by atoms with E-state index in [9.17, 15) is 9.18 Å². The number of anilines is 2. The van der Waals surface area contributed by atoms with Gasteiger partial charge in [0.1, 0.15) is 5.82 Å². The maximum atomic E-state index is 13.8. The van der Waals surface area contributed by atoms with Crippen molar-refractivity contribution in [2.24, 2.45) is 0 Å². The number of halogens is 2. The SMILES string of the molecule is O=C(CN1CCN(c2ccccc2F)CC1)Nc1ccccc1Cl. The van der Waals surface area contributed by atoms with E-state index in [0.717, 1.165) is 0 Å². The van der Waals surface area contributed by atoms with Gasteiger partial charge >= 0.3 is 0 Å². The summed E-state index contributed by atoms with van der Waals surface area (Å²) in [6.07, 6.45) is 0. The summed E-state index contributed by atoms with van der Waals surface area (Å²) in [5.41, 5.74) is 1.24. The molecular formula is C18H19ClFN3O. The molecule has 24 heavy (non-hydrogen) atoms. The molecule has 0 aliphatic carbocycles. The predicted octanol–water partition coefficient (Wildman–Crippen LogP) is 3.24. The number of carbonyl (C=O) groups excluding carboxylic acids is 1. The van der Waals surface area contributed by atoms with Crippen LogP contribution in [-0.2, 0) is 4.79 Å². The number of hydrogen-bond acceptors (Lipinski definition) is 3. The minimum atomic E-state index is -0.206. The van der Waals surface area contributed by atoms with Crippen molar-refractivity contribution in [1.82, 2.24) is 4.90 Å². The van der Waals surface area contributed by atoms with Crippen LogP contribution in [0.1, 0.15) is 0 Å². The van der Waals surface area contributed by atoms with Gasteiger partial charge in [0.2, 0.25) is 5.91 Å². The number of carbonyl (C=O) groups is 1. The third-order valence-corrected chi connectivity index (χ3v) is 4.41. The standard InChI is InChI=1S/C18H19ClFN3O/c19-14-5-1-3-7-16(14)21-18(24)13-22-9-11-23(12-10-22)17-8-4-2-6-15(17)20/h1-8H,9-13H2,(H,21,24). The minimum absolute atomic E-state index is 0.0950. The van der Waals surface area contributed by atoms with Gasteiger partial charge in [-0.1, -0.05) is 35.9 Å². The molecule has 0 spiro atoms. The van der Waals surface area contributed by atoms with Crippen molar-refractivity contribution >= 4 is 28.9 Å². The lowest BCUT2D eigenvalue weighted by Gasteiger charge is -2.35. The molecule has 1 N–H and O–H groups in total. The Hall–Kier alpha value is -2.11. The Morgan fingerprint density at radius 3 is 2.42 bits per heavy atom. The maximum Gasteiger partial charge on any atom is 0.238 e. The van der Waals surface area contributed by atoms with Crippen LogP contribution in [0.15, 0.2) is 48.5 Å². The van der Waals surface area contributed by atoms with Crippen LogP contribution in [0.25, 0.3) is 0 Å². The third-order valence-electron chi connectivity index (χ3n) is 4.08. The summed E-state index contributed by atoms with van der Waals surface area (Å²) >= 11 is 6.04. The average molecular weight is 348 g/mol. The smallest absolute Gasteiger partial charge is 0.238 e. The molecule has 0 aromatic heterocycles. The zero-order valence-corrected chi connectivity index (χ0v) is 14.0. The van der Waals surface area contributed by atoms with Gasteiger partial charge in [-0.05, 0) is 24.3 Å². The fraction of sp³-hybridized carbons (Fsp3) is 0.278.